The van der Waals surface area contributed by atoms with Crippen LogP contribution in [0, 0.1) is 0 Å². The molecule has 112 valence electrons. The standard InChI is InChI=1S/C16H27N3O/c1-16(2,3)19-9-7-14(8-10-19)17-11-13-5-6-15(20-4)18-12-13/h5-6,12,14,17H,7-11H2,1-4H3. The van der Waals surface area contributed by atoms with Crippen LogP contribution in [-0.4, -0.2) is 41.7 Å². The van der Waals surface area contributed by atoms with Crippen LogP contribution in [0.25, 0.3) is 0 Å². The highest BCUT2D eigenvalue weighted by atomic mass is 16.5. The number of likely N-dealkylation sites (tertiary alicyclic amines) is 1. The number of rotatable bonds is 4. The second-order valence-electron chi connectivity index (χ2n) is 6.52. The molecule has 1 saturated heterocycles. The molecule has 1 N–H and O–H groups in total. The fraction of sp³-hybridized carbons (Fsp3) is 0.688. The first-order valence-corrected chi connectivity index (χ1v) is 7.46. The van der Waals surface area contributed by atoms with Crippen molar-refractivity contribution < 1.29 is 4.74 Å². The molecule has 0 radical (unpaired) electrons. The lowest BCUT2D eigenvalue weighted by Gasteiger charge is -2.41. The van der Waals surface area contributed by atoms with Crippen molar-refractivity contribution in [3.8, 4) is 5.88 Å². The predicted molar refractivity (Wildman–Crippen MR) is 82.0 cm³/mol. The fourth-order valence-corrected chi connectivity index (χ4v) is 2.65. The normalized spacial score (nSPS) is 18.2. The number of methoxy groups -OCH3 is 1. The number of hydrogen-bond acceptors (Lipinski definition) is 4. The number of pyridine rings is 1. The van der Waals surface area contributed by atoms with Gasteiger partial charge in [-0.2, -0.15) is 0 Å². The Balaban J connectivity index is 1.75. The summed E-state index contributed by atoms with van der Waals surface area (Å²) in [6.45, 7) is 10.1. The van der Waals surface area contributed by atoms with E-state index in [1.54, 1.807) is 7.11 Å². The smallest absolute Gasteiger partial charge is 0.212 e. The van der Waals surface area contributed by atoms with E-state index in [1.807, 2.05) is 12.3 Å². The molecular formula is C16H27N3O. The summed E-state index contributed by atoms with van der Waals surface area (Å²) in [4.78, 5) is 6.80. The summed E-state index contributed by atoms with van der Waals surface area (Å²) in [5.74, 6) is 0.673. The highest BCUT2D eigenvalue weighted by Gasteiger charge is 2.26. The van der Waals surface area contributed by atoms with Gasteiger partial charge in [-0.1, -0.05) is 6.07 Å². The summed E-state index contributed by atoms with van der Waals surface area (Å²) >= 11 is 0. The number of nitrogens with one attached hydrogen (secondary N) is 1. The molecule has 2 rings (SSSR count). The van der Waals surface area contributed by atoms with E-state index >= 15 is 0 Å². The molecule has 1 aliphatic heterocycles. The predicted octanol–water partition coefficient (Wildman–Crippen LogP) is 2.44. The average molecular weight is 277 g/mol. The van der Waals surface area contributed by atoms with Crippen molar-refractivity contribution in [1.29, 1.82) is 0 Å². The van der Waals surface area contributed by atoms with Crippen molar-refractivity contribution in [2.24, 2.45) is 0 Å². The summed E-state index contributed by atoms with van der Waals surface area (Å²) in [6.07, 6.45) is 4.33. The lowest BCUT2D eigenvalue weighted by atomic mass is 9.98. The Bertz CT molecular complexity index is 403. The second kappa shape index (κ2) is 6.55. The first-order valence-electron chi connectivity index (χ1n) is 7.46. The van der Waals surface area contributed by atoms with Gasteiger partial charge in [-0.05, 0) is 39.2 Å². The highest BCUT2D eigenvalue weighted by molar-refractivity contribution is 5.17. The van der Waals surface area contributed by atoms with Gasteiger partial charge in [0.1, 0.15) is 0 Å². The van der Waals surface area contributed by atoms with Crippen LogP contribution in [0.2, 0.25) is 0 Å². The van der Waals surface area contributed by atoms with Crippen molar-refractivity contribution in [2.45, 2.75) is 51.7 Å². The molecule has 0 amide bonds. The van der Waals surface area contributed by atoms with E-state index in [1.165, 1.54) is 31.5 Å². The van der Waals surface area contributed by atoms with Crippen molar-refractivity contribution in [1.82, 2.24) is 15.2 Å². The lowest BCUT2D eigenvalue weighted by Crippen LogP contribution is -2.49. The first-order chi connectivity index (χ1) is 9.49. The maximum atomic E-state index is 5.07. The molecule has 1 aromatic heterocycles. The third kappa shape index (κ3) is 4.18. The number of piperidine rings is 1. The van der Waals surface area contributed by atoms with E-state index in [-0.39, 0.29) is 0 Å². The van der Waals surface area contributed by atoms with E-state index in [0.29, 0.717) is 17.5 Å². The van der Waals surface area contributed by atoms with Crippen LogP contribution < -0.4 is 10.1 Å². The molecule has 0 aromatic carbocycles. The van der Waals surface area contributed by atoms with Gasteiger partial charge in [0.2, 0.25) is 5.88 Å². The van der Waals surface area contributed by atoms with E-state index in [0.717, 1.165) is 6.54 Å². The van der Waals surface area contributed by atoms with Crippen molar-refractivity contribution in [2.75, 3.05) is 20.2 Å². The third-order valence-corrected chi connectivity index (χ3v) is 4.05. The maximum absolute atomic E-state index is 5.07. The number of hydrogen-bond donors (Lipinski definition) is 1. The molecule has 0 aliphatic carbocycles. The number of aromatic nitrogens is 1. The van der Waals surface area contributed by atoms with Crippen molar-refractivity contribution >= 4 is 0 Å². The van der Waals surface area contributed by atoms with Gasteiger partial charge in [-0.3, -0.25) is 4.90 Å². The Morgan fingerprint density at radius 3 is 2.50 bits per heavy atom. The van der Waals surface area contributed by atoms with Gasteiger partial charge in [-0.15, -0.1) is 0 Å². The van der Waals surface area contributed by atoms with Crippen LogP contribution in [-0.2, 0) is 6.54 Å². The Morgan fingerprint density at radius 1 is 1.30 bits per heavy atom. The average Bonchev–Trinajstić information content (AvgIpc) is 2.45. The summed E-state index contributed by atoms with van der Waals surface area (Å²) in [5.41, 5.74) is 1.51. The largest absolute Gasteiger partial charge is 0.481 e. The molecule has 0 unspecified atom stereocenters. The van der Waals surface area contributed by atoms with Crippen LogP contribution in [0.3, 0.4) is 0 Å². The van der Waals surface area contributed by atoms with Gasteiger partial charge < -0.3 is 10.1 Å². The van der Waals surface area contributed by atoms with Crippen LogP contribution in [0.5, 0.6) is 5.88 Å². The van der Waals surface area contributed by atoms with Gasteiger partial charge in [-0.25, -0.2) is 4.98 Å². The zero-order valence-corrected chi connectivity index (χ0v) is 13.1. The van der Waals surface area contributed by atoms with Gasteiger partial charge in [0, 0.05) is 43.5 Å². The van der Waals surface area contributed by atoms with Gasteiger partial charge in [0.15, 0.2) is 0 Å². The SMILES string of the molecule is COc1ccc(CNC2CCN(C(C)(C)C)CC2)cn1. The van der Waals surface area contributed by atoms with Crippen molar-refractivity contribution in [3.05, 3.63) is 23.9 Å². The van der Waals surface area contributed by atoms with Crippen LogP contribution >= 0.6 is 0 Å². The minimum atomic E-state index is 0.297. The molecule has 20 heavy (non-hydrogen) atoms. The summed E-state index contributed by atoms with van der Waals surface area (Å²) in [5, 5.41) is 3.64. The number of nitrogens with zero attached hydrogens (tertiary/aromatic N) is 2. The molecule has 1 fully saturated rings. The van der Waals surface area contributed by atoms with Gasteiger partial charge in [0.05, 0.1) is 7.11 Å². The maximum Gasteiger partial charge on any atom is 0.212 e. The summed E-state index contributed by atoms with van der Waals surface area (Å²) in [6, 6.07) is 4.61. The van der Waals surface area contributed by atoms with Gasteiger partial charge >= 0.3 is 0 Å². The molecular weight excluding hydrogens is 250 g/mol. The van der Waals surface area contributed by atoms with E-state index in [4.69, 9.17) is 4.74 Å². The molecule has 0 atom stereocenters. The molecule has 4 heteroatoms. The minimum absolute atomic E-state index is 0.297. The Hall–Kier alpha value is -1.13. The van der Waals surface area contributed by atoms with E-state index in [9.17, 15) is 0 Å². The Kier molecular flexibility index (Phi) is 5.00. The second-order valence-corrected chi connectivity index (χ2v) is 6.52. The topological polar surface area (TPSA) is 37.4 Å². The first kappa shape index (κ1) is 15.3. The monoisotopic (exact) mass is 277 g/mol. The highest BCUT2D eigenvalue weighted by Crippen LogP contribution is 2.20. The quantitative estimate of drug-likeness (QED) is 0.917. The van der Waals surface area contributed by atoms with Gasteiger partial charge in [0.25, 0.3) is 0 Å². The summed E-state index contributed by atoms with van der Waals surface area (Å²) < 4.78 is 5.07. The number of ether oxygens (including phenoxy) is 1. The Labute approximate surface area is 122 Å². The van der Waals surface area contributed by atoms with Crippen LogP contribution in [0.15, 0.2) is 18.3 Å². The molecule has 2 heterocycles. The van der Waals surface area contributed by atoms with Crippen LogP contribution in [0.1, 0.15) is 39.2 Å². The Morgan fingerprint density at radius 2 is 2.00 bits per heavy atom. The molecule has 0 bridgehead atoms. The molecule has 1 aromatic rings. The molecule has 0 saturated carbocycles. The fourth-order valence-electron chi connectivity index (χ4n) is 2.65. The minimum Gasteiger partial charge on any atom is -0.481 e. The van der Waals surface area contributed by atoms with Crippen LogP contribution in [0.4, 0.5) is 0 Å². The lowest BCUT2D eigenvalue weighted by molar-refractivity contribution is 0.0960. The molecule has 4 nitrogen and oxygen atoms in total. The van der Waals surface area contributed by atoms with E-state index in [2.05, 4.69) is 42.0 Å². The van der Waals surface area contributed by atoms with E-state index < -0.39 is 0 Å². The summed E-state index contributed by atoms with van der Waals surface area (Å²) in [7, 11) is 1.64. The zero-order chi connectivity index (χ0) is 14.6. The van der Waals surface area contributed by atoms with Crippen molar-refractivity contribution in [3.63, 3.8) is 0 Å². The third-order valence-electron chi connectivity index (χ3n) is 4.05. The molecule has 1 aliphatic rings. The zero-order valence-electron chi connectivity index (χ0n) is 13.1. The molecule has 0 spiro atoms.